The maximum absolute atomic E-state index is 6.53. The molecule has 3 heterocycles. The van der Waals surface area contributed by atoms with E-state index in [1.54, 1.807) is 0 Å². The highest BCUT2D eigenvalue weighted by molar-refractivity contribution is 6.14. The lowest BCUT2D eigenvalue weighted by atomic mass is 9.95. The molecule has 0 fully saturated rings. The van der Waals surface area contributed by atoms with E-state index in [1.807, 2.05) is 36.4 Å². The Morgan fingerprint density at radius 3 is 1.88 bits per heavy atom. The summed E-state index contributed by atoms with van der Waals surface area (Å²) in [5.41, 5.74) is 10.0. The zero-order chi connectivity index (χ0) is 38.2. The molecule has 0 aliphatic rings. The molecule has 0 spiro atoms. The summed E-state index contributed by atoms with van der Waals surface area (Å²) in [4.78, 5) is 15.8. The summed E-state index contributed by atoms with van der Waals surface area (Å²) in [5.74, 6) is 1.80. The molecular formula is C53H32N4O. The molecule has 58 heavy (non-hydrogen) atoms. The van der Waals surface area contributed by atoms with Gasteiger partial charge in [-0.1, -0.05) is 164 Å². The molecule has 0 amide bonds. The molecule has 0 bridgehead atoms. The molecule has 0 aliphatic heterocycles. The summed E-state index contributed by atoms with van der Waals surface area (Å²) in [5, 5.41) is 9.10. The first-order valence-electron chi connectivity index (χ1n) is 19.5. The lowest BCUT2D eigenvalue weighted by molar-refractivity contribution is 0.670. The minimum Gasteiger partial charge on any atom is -0.455 e. The van der Waals surface area contributed by atoms with Crippen molar-refractivity contribution in [2.24, 2.45) is 0 Å². The second-order valence-corrected chi connectivity index (χ2v) is 14.8. The fraction of sp³-hybridized carbons (Fsp3) is 0. The zero-order valence-electron chi connectivity index (χ0n) is 31.2. The van der Waals surface area contributed by atoms with Crippen LogP contribution in [0.1, 0.15) is 0 Å². The molecule has 0 unspecified atom stereocenters. The lowest BCUT2D eigenvalue weighted by Crippen LogP contribution is -2.06. The van der Waals surface area contributed by atoms with Gasteiger partial charge < -0.3 is 4.42 Å². The van der Waals surface area contributed by atoms with Gasteiger partial charge in [0.15, 0.2) is 11.6 Å². The Labute approximate surface area is 333 Å². The van der Waals surface area contributed by atoms with Gasteiger partial charge in [0.2, 0.25) is 5.95 Å². The van der Waals surface area contributed by atoms with Gasteiger partial charge >= 0.3 is 0 Å². The zero-order valence-corrected chi connectivity index (χ0v) is 31.2. The second kappa shape index (κ2) is 12.8. The molecule has 0 radical (unpaired) electrons. The summed E-state index contributed by atoms with van der Waals surface area (Å²) in [6, 6.07) is 68.0. The number of para-hydroxylation sites is 2. The van der Waals surface area contributed by atoms with Crippen molar-refractivity contribution >= 4 is 65.3 Å². The van der Waals surface area contributed by atoms with Crippen LogP contribution in [0.5, 0.6) is 0 Å². The summed E-state index contributed by atoms with van der Waals surface area (Å²) in [6.45, 7) is 0. The number of hydrogen-bond acceptors (Lipinski definition) is 4. The largest absolute Gasteiger partial charge is 0.455 e. The van der Waals surface area contributed by atoms with Crippen LogP contribution in [0.3, 0.4) is 0 Å². The minimum absolute atomic E-state index is 0.561. The van der Waals surface area contributed by atoms with Crippen LogP contribution in [-0.4, -0.2) is 19.5 Å². The first-order valence-corrected chi connectivity index (χ1v) is 19.5. The van der Waals surface area contributed by atoms with Gasteiger partial charge in [-0.2, -0.15) is 9.97 Å². The Morgan fingerprint density at radius 1 is 0.345 bits per heavy atom. The van der Waals surface area contributed by atoms with Gasteiger partial charge in [-0.15, -0.1) is 0 Å². The molecule has 0 saturated heterocycles. The fourth-order valence-electron chi connectivity index (χ4n) is 8.73. The topological polar surface area (TPSA) is 56.7 Å². The van der Waals surface area contributed by atoms with Crippen LogP contribution in [0.15, 0.2) is 199 Å². The molecule has 12 rings (SSSR count). The molecule has 0 aliphatic carbocycles. The monoisotopic (exact) mass is 740 g/mol. The molecule has 9 aromatic carbocycles. The molecule has 270 valence electrons. The number of nitrogens with zero attached hydrogens (tertiary/aromatic N) is 4. The van der Waals surface area contributed by atoms with Gasteiger partial charge in [-0.25, -0.2) is 4.98 Å². The van der Waals surface area contributed by atoms with Crippen molar-refractivity contribution in [2.45, 2.75) is 0 Å². The fourth-order valence-corrected chi connectivity index (χ4v) is 8.73. The Morgan fingerprint density at radius 2 is 1.02 bits per heavy atom. The lowest BCUT2D eigenvalue weighted by Gasteiger charge is -2.13. The Hall–Kier alpha value is -7.89. The first-order chi connectivity index (χ1) is 28.7. The van der Waals surface area contributed by atoms with E-state index in [0.717, 1.165) is 87.9 Å². The van der Waals surface area contributed by atoms with E-state index in [1.165, 1.54) is 10.8 Å². The van der Waals surface area contributed by atoms with Crippen molar-refractivity contribution in [1.82, 2.24) is 19.5 Å². The van der Waals surface area contributed by atoms with Crippen molar-refractivity contribution in [1.29, 1.82) is 0 Å². The normalized spacial score (nSPS) is 11.8. The average Bonchev–Trinajstić information content (AvgIpc) is 3.84. The maximum Gasteiger partial charge on any atom is 0.238 e. The van der Waals surface area contributed by atoms with Crippen molar-refractivity contribution in [2.75, 3.05) is 0 Å². The smallest absolute Gasteiger partial charge is 0.238 e. The highest BCUT2D eigenvalue weighted by Gasteiger charge is 2.21. The number of benzene rings is 9. The third kappa shape index (κ3) is 5.07. The van der Waals surface area contributed by atoms with E-state index in [2.05, 4.69) is 162 Å². The average molecular weight is 741 g/mol. The van der Waals surface area contributed by atoms with Crippen LogP contribution in [0, 0.1) is 0 Å². The third-order valence-electron chi connectivity index (χ3n) is 11.5. The van der Waals surface area contributed by atoms with Gasteiger partial charge in [0, 0.05) is 38.2 Å². The van der Waals surface area contributed by atoms with E-state index < -0.39 is 0 Å². The number of aromatic nitrogens is 4. The SMILES string of the molecule is c1ccc(-c2nc(-c3cccc4c3ccc3ccccc34)nc(-n3c4ccccc4c4ccc(-c5cc(-c6ccccc6)c6oc7ccccc7c6c5)cc43)n2)cc1. The van der Waals surface area contributed by atoms with Crippen molar-refractivity contribution in [3.05, 3.63) is 194 Å². The number of hydrogen-bond donors (Lipinski definition) is 0. The molecule has 0 saturated carbocycles. The molecule has 0 atom stereocenters. The summed E-state index contributed by atoms with van der Waals surface area (Å²) in [6.07, 6.45) is 0. The third-order valence-corrected chi connectivity index (χ3v) is 11.5. The Balaban J connectivity index is 1.12. The van der Waals surface area contributed by atoms with Gasteiger partial charge in [-0.05, 0) is 68.6 Å². The highest BCUT2D eigenvalue weighted by atomic mass is 16.3. The van der Waals surface area contributed by atoms with Gasteiger partial charge in [-0.3, -0.25) is 4.57 Å². The van der Waals surface area contributed by atoms with Crippen LogP contribution in [0.4, 0.5) is 0 Å². The van der Waals surface area contributed by atoms with Crippen LogP contribution in [-0.2, 0) is 0 Å². The van der Waals surface area contributed by atoms with Gasteiger partial charge in [0.05, 0.1) is 11.0 Å². The Kier molecular flexibility index (Phi) is 7.16. The van der Waals surface area contributed by atoms with Gasteiger partial charge in [0.1, 0.15) is 11.2 Å². The van der Waals surface area contributed by atoms with Crippen molar-refractivity contribution in [3.8, 4) is 51.0 Å². The Bertz CT molecular complexity index is 3570. The first kappa shape index (κ1) is 32.4. The van der Waals surface area contributed by atoms with E-state index in [4.69, 9.17) is 19.4 Å². The number of fused-ring (bicyclic) bond motifs is 9. The molecule has 5 heteroatoms. The summed E-state index contributed by atoms with van der Waals surface area (Å²) < 4.78 is 8.74. The molecular weight excluding hydrogens is 709 g/mol. The molecule has 12 aromatic rings. The maximum atomic E-state index is 6.53. The van der Waals surface area contributed by atoms with E-state index in [0.29, 0.717) is 17.6 Å². The van der Waals surface area contributed by atoms with Crippen LogP contribution in [0.25, 0.3) is 116 Å². The minimum atomic E-state index is 0.561. The molecule has 0 N–H and O–H groups in total. The van der Waals surface area contributed by atoms with E-state index in [9.17, 15) is 0 Å². The van der Waals surface area contributed by atoms with E-state index >= 15 is 0 Å². The standard InChI is InChI=1S/C53H32N4O/c1-3-14-33(15-4-1)45-30-37(31-46-43-21-10-12-25-49(43)58-50(45)46)36-27-29-42-41-20-9-11-24-47(41)57(48(42)32-36)53-55-51(35-17-5-2-6-18-35)54-52(56-53)44-23-13-22-39-38-19-8-7-16-34(38)26-28-40(39)44/h1-32H. The molecule has 5 nitrogen and oxygen atoms in total. The van der Waals surface area contributed by atoms with E-state index in [-0.39, 0.29) is 0 Å². The predicted octanol–water partition coefficient (Wildman–Crippen LogP) is 13.8. The summed E-state index contributed by atoms with van der Waals surface area (Å²) >= 11 is 0. The van der Waals surface area contributed by atoms with Crippen LogP contribution in [0.2, 0.25) is 0 Å². The highest BCUT2D eigenvalue weighted by Crippen LogP contribution is 2.41. The number of rotatable bonds is 5. The number of furan rings is 1. The summed E-state index contributed by atoms with van der Waals surface area (Å²) in [7, 11) is 0. The quantitative estimate of drug-likeness (QED) is 0.165. The second-order valence-electron chi connectivity index (χ2n) is 14.8. The van der Waals surface area contributed by atoms with Crippen molar-refractivity contribution in [3.63, 3.8) is 0 Å². The predicted molar refractivity (Wildman–Crippen MR) is 238 cm³/mol. The molecule has 3 aromatic heterocycles. The van der Waals surface area contributed by atoms with Crippen LogP contribution < -0.4 is 0 Å². The van der Waals surface area contributed by atoms with Crippen LogP contribution >= 0.6 is 0 Å². The van der Waals surface area contributed by atoms with Gasteiger partial charge in [0.25, 0.3) is 0 Å². The van der Waals surface area contributed by atoms with Crippen molar-refractivity contribution < 1.29 is 4.42 Å².